The van der Waals surface area contributed by atoms with Gasteiger partial charge in [-0.15, -0.1) is 11.3 Å². The minimum Gasteiger partial charge on any atom is -0.358 e. The molecular weight excluding hydrogens is 479 g/mol. The van der Waals surface area contributed by atoms with Crippen molar-refractivity contribution in [2.45, 2.75) is 12.1 Å². The Morgan fingerprint density at radius 2 is 1.73 bits per heavy atom. The molecule has 3 aromatic rings. The van der Waals surface area contributed by atoms with E-state index in [1.807, 2.05) is 52.9 Å². The van der Waals surface area contributed by atoms with E-state index in [9.17, 15) is 14.4 Å². The van der Waals surface area contributed by atoms with E-state index in [2.05, 4.69) is 0 Å². The fourth-order valence-electron chi connectivity index (χ4n) is 5.32. The largest absolute Gasteiger partial charge is 0.358 e. The summed E-state index contributed by atoms with van der Waals surface area (Å²) < 4.78 is 0. The van der Waals surface area contributed by atoms with Crippen LogP contribution in [-0.4, -0.2) is 28.5 Å². The van der Waals surface area contributed by atoms with E-state index in [1.54, 1.807) is 18.2 Å². The number of amides is 2. The second-order valence-corrected chi connectivity index (χ2v) is 10.1. The highest BCUT2D eigenvalue weighted by molar-refractivity contribution is 7.12. The Morgan fingerprint density at radius 1 is 0.939 bits per heavy atom. The minimum atomic E-state index is -0.820. The van der Waals surface area contributed by atoms with E-state index in [-0.39, 0.29) is 16.7 Å². The summed E-state index contributed by atoms with van der Waals surface area (Å²) in [4.78, 5) is 44.8. The number of nitrogens with zero attached hydrogens (tertiary/aromatic N) is 2. The number of rotatable bonds is 3. The van der Waals surface area contributed by atoms with Crippen LogP contribution in [0, 0.1) is 11.8 Å². The Labute approximate surface area is 203 Å². The van der Waals surface area contributed by atoms with Crippen LogP contribution >= 0.6 is 34.5 Å². The Balaban J connectivity index is 1.51. The first kappa shape index (κ1) is 20.7. The maximum absolute atomic E-state index is 13.8. The minimum absolute atomic E-state index is 0.156. The first-order chi connectivity index (χ1) is 16.0. The number of thiophene rings is 1. The summed E-state index contributed by atoms with van der Waals surface area (Å²) in [7, 11) is 0. The van der Waals surface area contributed by atoms with Gasteiger partial charge in [0.25, 0.3) is 0 Å². The van der Waals surface area contributed by atoms with Crippen molar-refractivity contribution >= 4 is 63.9 Å². The van der Waals surface area contributed by atoms with Crippen LogP contribution < -0.4 is 4.90 Å². The maximum atomic E-state index is 13.8. The van der Waals surface area contributed by atoms with Gasteiger partial charge in [-0.2, -0.15) is 0 Å². The van der Waals surface area contributed by atoms with Crippen LogP contribution in [0.4, 0.5) is 5.69 Å². The maximum Gasteiger partial charge on any atom is 0.240 e. The number of fused-ring (bicyclic) bond motifs is 5. The smallest absolute Gasteiger partial charge is 0.240 e. The molecule has 5 nitrogen and oxygen atoms in total. The van der Waals surface area contributed by atoms with Crippen molar-refractivity contribution in [3.63, 3.8) is 0 Å². The summed E-state index contributed by atoms with van der Waals surface area (Å²) in [5.41, 5.74) is 2.20. The van der Waals surface area contributed by atoms with E-state index >= 15 is 0 Å². The summed E-state index contributed by atoms with van der Waals surface area (Å²) >= 11 is 13.7. The second kappa shape index (κ2) is 7.55. The third-order valence-corrected chi connectivity index (χ3v) is 8.07. The average Bonchev–Trinajstić information content (AvgIpc) is 3.51. The summed E-state index contributed by atoms with van der Waals surface area (Å²) in [6, 6.07) is 14.8. The summed E-state index contributed by atoms with van der Waals surface area (Å²) in [6.45, 7) is 0. The van der Waals surface area contributed by atoms with Gasteiger partial charge in [0.2, 0.25) is 11.8 Å². The fourth-order valence-corrected chi connectivity index (χ4v) is 6.51. The monoisotopic (exact) mass is 494 g/mol. The normalized spacial score (nSPS) is 25.3. The number of imide groups is 1. The Morgan fingerprint density at radius 3 is 2.48 bits per heavy atom. The number of benzene rings is 2. The standard InChI is InChI=1S/C25H16Cl2N2O3S/c26-14-7-8-17(16(27)12-14)29-24(31)19-20(25(29)32)22(23(30)18-6-3-11-33-18)28-10-9-13-4-1-2-5-15(13)21(19)28/h1-12,19-22H/t19-,20-,21+,22+/m0/s1. The lowest BCUT2D eigenvalue weighted by Gasteiger charge is -2.35. The van der Waals surface area contributed by atoms with Gasteiger partial charge in [-0.05, 0) is 46.8 Å². The molecule has 0 N–H and O–H groups in total. The number of anilines is 1. The Bertz CT molecular complexity index is 1350. The third kappa shape index (κ3) is 2.94. The van der Waals surface area contributed by atoms with Crippen LogP contribution in [0.5, 0.6) is 0 Å². The summed E-state index contributed by atoms with van der Waals surface area (Å²) in [5, 5.41) is 2.46. The van der Waals surface area contributed by atoms with Gasteiger partial charge in [-0.3, -0.25) is 14.4 Å². The topological polar surface area (TPSA) is 57.7 Å². The predicted octanol–water partition coefficient (Wildman–Crippen LogP) is 5.45. The Kier molecular flexibility index (Phi) is 4.73. The molecule has 3 aliphatic heterocycles. The van der Waals surface area contributed by atoms with Gasteiger partial charge in [0, 0.05) is 11.2 Å². The molecule has 2 amide bonds. The molecule has 4 atom stereocenters. The zero-order valence-electron chi connectivity index (χ0n) is 17.0. The van der Waals surface area contributed by atoms with Crippen molar-refractivity contribution in [2.24, 2.45) is 11.8 Å². The molecular formula is C25H16Cl2N2O3S. The lowest BCUT2D eigenvalue weighted by molar-refractivity contribution is -0.123. The van der Waals surface area contributed by atoms with Crippen molar-refractivity contribution in [1.82, 2.24) is 4.90 Å². The van der Waals surface area contributed by atoms with Gasteiger partial charge in [0.15, 0.2) is 5.78 Å². The van der Waals surface area contributed by atoms with Gasteiger partial charge in [-0.1, -0.05) is 53.5 Å². The van der Waals surface area contributed by atoms with Gasteiger partial charge in [0.05, 0.1) is 33.5 Å². The highest BCUT2D eigenvalue weighted by atomic mass is 35.5. The first-order valence-electron chi connectivity index (χ1n) is 10.4. The number of hydrogen-bond acceptors (Lipinski definition) is 5. The average molecular weight is 495 g/mol. The summed E-state index contributed by atoms with van der Waals surface area (Å²) in [5.74, 6) is -2.44. The van der Waals surface area contributed by atoms with Crippen LogP contribution in [0.25, 0.3) is 6.08 Å². The molecule has 2 fully saturated rings. The molecule has 0 radical (unpaired) electrons. The van der Waals surface area contributed by atoms with E-state index in [4.69, 9.17) is 23.2 Å². The molecule has 0 unspecified atom stereocenters. The second-order valence-electron chi connectivity index (χ2n) is 8.28. The van der Waals surface area contributed by atoms with E-state index in [0.717, 1.165) is 16.0 Å². The van der Waals surface area contributed by atoms with E-state index < -0.39 is 29.8 Å². The van der Waals surface area contributed by atoms with Crippen LogP contribution in [0.2, 0.25) is 10.0 Å². The molecule has 0 saturated carbocycles. The van der Waals surface area contributed by atoms with Gasteiger partial charge >= 0.3 is 0 Å². The van der Waals surface area contributed by atoms with Crippen molar-refractivity contribution < 1.29 is 14.4 Å². The molecule has 0 bridgehead atoms. The van der Waals surface area contributed by atoms with Gasteiger partial charge in [-0.25, -0.2) is 4.90 Å². The number of halogens is 2. The van der Waals surface area contributed by atoms with Gasteiger partial charge in [0.1, 0.15) is 6.04 Å². The number of hydrogen-bond donors (Lipinski definition) is 0. The zero-order valence-corrected chi connectivity index (χ0v) is 19.3. The highest BCUT2D eigenvalue weighted by Crippen LogP contribution is 2.54. The van der Waals surface area contributed by atoms with E-state index in [0.29, 0.717) is 15.6 Å². The predicted molar refractivity (Wildman–Crippen MR) is 128 cm³/mol. The van der Waals surface area contributed by atoms with Crippen LogP contribution in [-0.2, 0) is 9.59 Å². The number of carbonyl (C=O) groups is 3. The zero-order chi connectivity index (χ0) is 22.9. The molecule has 33 heavy (non-hydrogen) atoms. The quantitative estimate of drug-likeness (QED) is 0.358. The molecule has 0 aliphatic carbocycles. The molecule has 0 spiro atoms. The first-order valence-corrected chi connectivity index (χ1v) is 12.1. The highest BCUT2D eigenvalue weighted by Gasteiger charge is 2.64. The van der Waals surface area contributed by atoms with Crippen LogP contribution in [0.15, 0.2) is 66.2 Å². The SMILES string of the molecule is O=C(c1cccs1)[C@H]1[C@H]2C(=O)N(c3ccc(Cl)cc3Cl)C(=O)[C@@H]2[C@H]2c3ccccc3C=CN21. The third-order valence-electron chi connectivity index (χ3n) is 6.64. The fraction of sp³-hybridized carbons (Fsp3) is 0.160. The number of Topliss-reactive ketones (excluding diaryl/α,β-unsaturated/α-hetero) is 1. The molecule has 164 valence electrons. The summed E-state index contributed by atoms with van der Waals surface area (Å²) in [6.07, 6.45) is 3.78. The Hall–Kier alpha value is -2.93. The molecule has 8 heteroatoms. The molecule has 6 rings (SSSR count). The van der Waals surface area contributed by atoms with Crippen LogP contribution in [0.1, 0.15) is 26.8 Å². The van der Waals surface area contributed by atoms with E-state index in [1.165, 1.54) is 17.4 Å². The molecule has 3 aliphatic rings. The van der Waals surface area contributed by atoms with Gasteiger partial charge < -0.3 is 4.90 Å². The molecule has 4 heterocycles. The molecule has 2 saturated heterocycles. The molecule has 1 aromatic heterocycles. The lowest BCUT2D eigenvalue weighted by Crippen LogP contribution is -2.44. The lowest BCUT2D eigenvalue weighted by atomic mass is 9.84. The van der Waals surface area contributed by atoms with Crippen molar-refractivity contribution in [3.8, 4) is 0 Å². The van der Waals surface area contributed by atoms with Crippen LogP contribution in [0.3, 0.4) is 0 Å². The number of ketones is 1. The molecule has 2 aromatic carbocycles. The van der Waals surface area contributed by atoms with Crippen molar-refractivity contribution in [3.05, 3.63) is 92.2 Å². The van der Waals surface area contributed by atoms with Crippen molar-refractivity contribution in [1.29, 1.82) is 0 Å². The number of carbonyl (C=O) groups excluding carboxylic acids is 3. The van der Waals surface area contributed by atoms with Crippen molar-refractivity contribution in [2.75, 3.05) is 4.90 Å².